The van der Waals surface area contributed by atoms with E-state index in [0.717, 1.165) is 10.0 Å². The molecule has 2 N–H and O–H groups in total. The van der Waals surface area contributed by atoms with E-state index in [1.165, 1.54) is 0 Å². The number of aromatic nitrogens is 1. The van der Waals surface area contributed by atoms with Gasteiger partial charge in [-0.05, 0) is 12.1 Å². The lowest BCUT2D eigenvalue weighted by Gasteiger charge is -2.04. The summed E-state index contributed by atoms with van der Waals surface area (Å²) in [4.78, 5) is 0. The first kappa shape index (κ1) is 9.53. The third-order valence-electron chi connectivity index (χ3n) is 2.33. The van der Waals surface area contributed by atoms with Crippen molar-refractivity contribution < 1.29 is 14.0 Å². The van der Waals surface area contributed by atoms with Gasteiger partial charge in [0.1, 0.15) is 0 Å². The molecule has 0 saturated heterocycles. The second-order valence-corrected chi connectivity index (χ2v) is 4.21. The molecule has 0 aliphatic carbocycles. The molecule has 0 bridgehead atoms. The normalized spacial score (nSPS) is 13.1. The summed E-state index contributed by atoms with van der Waals surface area (Å²) in [6.07, 6.45) is 1.55. The number of halogens is 1. The fraction of sp³-hybridized carbons (Fsp3) is 0.100. The largest absolute Gasteiger partial charge is 0.454 e. The Kier molecular flexibility index (Phi) is 2.03. The Morgan fingerprint density at radius 2 is 2.12 bits per heavy atom. The molecular weight excluding hydrogens is 276 g/mol. The van der Waals surface area contributed by atoms with Crippen LogP contribution in [0.1, 0.15) is 0 Å². The summed E-state index contributed by atoms with van der Waals surface area (Å²) in [5.74, 6) is 1.61. The minimum Gasteiger partial charge on any atom is -0.454 e. The highest BCUT2D eigenvalue weighted by molar-refractivity contribution is 9.10. The molecule has 2 aromatic rings. The van der Waals surface area contributed by atoms with Crippen molar-refractivity contribution in [3.8, 4) is 22.6 Å². The molecule has 2 heterocycles. The van der Waals surface area contributed by atoms with Crippen molar-refractivity contribution in [2.24, 2.45) is 0 Å². The summed E-state index contributed by atoms with van der Waals surface area (Å²) in [5, 5.41) is 3.64. The van der Waals surface area contributed by atoms with Gasteiger partial charge in [-0.3, -0.25) is 0 Å². The van der Waals surface area contributed by atoms with Gasteiger partial charge < -0.3 is 19.7 Å². The Bertz CT molecular complexity index is 553. The number of rotatable bonds is 1. The van der Waals surface area contributed by atoms with Crippen molar-refractivity contribution in [1.82, 2.24) is 5.16 Å². The number of anilines is 1. The van der Waals surface area contributed by atoms with E-state index >= 15 is 0 Å². The molecule has 0 amide bonds. The van der Waals surface area contributed by atoms with Crippen LogP contribution in [0.5, 0.6) is 11.5 Å². The number of hydrogen-bond donors (Lipinski definition) is 1. The number of nitrogens with zero attached hydrogens (tertiary/aromatic N) is 1. The molecule has 1 aromatic heterocycles. The molecule has 0 unspecified atom stereocenters. The van der Waals surface area contributed by atoms with E-state index in [0.29, 0.717) is 17.1 Å². The van der Waals surface area contributed by atoms with Crippen LogP contribution in [0.15, 0.2) is 27.3 Å². The number of nitrogens with two attached hydrogens (primary N) is 1. The molecule has 0 saturated carbocycles. The zero-order chi connectivity index (χ0) is 11.1. The molecule has 0 atom stereocenters. The molecule has 0 fully saturated rings. The topological polar surface area (TPSA) is 70.5 Å². The van der Waals surface area contributed by atoms with E-state index in [-0.39, 0.29) is 12.7 Å². The van der Waals surface area contributed by atoms with Crippen LogP contribution in [0.25, 0.3) is 11.1 Å². The van der Waals surface area contributed by atoms with Crippen molar-refractivity contribution in [1.29, 1.82) is 0 Å². The quantitative estimate of drug-likeness (QED) is 0.870. The smallest absolute Gasteiger partial charge is 0.231 e. The average molecular weight is 283 g/mol. The van der Waals surface area contributed by atoms with E-state index in [4.69, 9.17) is 19.7 Å². The molecule has 16 heavy (non-hydrogen) atoms. The maximum absolute atomic E-state index is 5.68. The predicted molar refractivity (Wildman–Crippen MR) is 60.2 cm³/mol. The number of hydrogen-bond acceptors (Lipinski definition) is 5. The summed E-state index contributed by atoms with van der Waals surface area (Å²) in [5.41, 5.74) is 7.18. The minimum atomic E-state index is 0.212. The Hall–Kier alpha value is -1.69. The van der Waals surface area contributed by atoms with Crippen LogP contribution in [-0.2, 0) is 0 Å². The van der Waals surface area contributed by atoms with Gasteiger partial charge in [0.15, 0.2) is 11.5 Å². The van der Waals surface area contributed by atoms with Crippen LogP contribution in [-0.4, -0.2) is 11.9 Å². The molecule has 0 spiro atoms. The monoisotopic (exact) mass is 282 g/mol. The maximum Gasteiger partial charge on any atom is 0.231 e. The van der Waals surface area contributed by atoms with E-state index < -0.39 is 0 Å². The molecule has 1 aromatic carbocycles. The Morgan fingerprint density at radius 1 is 1.25 bits per heavy atom. The maximum atomic E-state index is 5.68. The highest BCUT2D eigenvalue weighted by atomic mass is 79.9. The molecule has 5 nitrogen and oxygen atoms in total. The van der Waals surface area contributed by atoms with Crippen LogP contribution in [0.3, 0.4) is 0 Å². The van der Waals surface area contributed by atoms with Crippen molar-refractivity contribution in [2.45, 2.75) is 0 Å². The van der Waals surface area contributed by atoms with Crippen LogP contribution in [0.2, 0.25) is 0 Å². The number of benzene rings is 1. The number of ether oxygens (including phenoxy) is 2. The van der Waals surface area contributed by atoms with E-state index in [1.54, 1.807) is 6.20 Å². The van der Waals surface area contributed by atoms with Gasteiger partial charge in [0.05, 0.1) is 11.8 Å². The fourth-order valence-electron chi connectivity index (χ4n) is 1.63. The summed E-state index contributed by atoms with van der Waals surface area (Å²) in [6.45, 7) is 0.212. The second-order valence-electron chi connectivity index (χ2n) is 3.29. The van der Waals surface area contributed by atoms with Crippen molar-refractivity contribution in [3.05, 3.63) is 22.8 Å². The zero-order valence-corrected chi connectivity index (χ0v) is 9.65. The first-order chi connectivity index (χ1) is 7.75. The summed E-state index contributed by atoms with van der Waals surface area (Å²) in [6, 6.07) is 3.73. The zero-order valence-electron chi connectivity index (χ0n) is 8.07. The molecule has 3 rings (SSSR count). The fourth-order valence-corrected chi connectivity index (χ4v) is 2.06. The molecule has 82 valence electrons. The first-order valence-electron chi connectivity index (χ1n) is 4.55. The highest BCUT2D eigenvalue weighted by Gasteiger charge is 2.22. The lowest BCUT2D eigenvalue weighted by atomic mass is 10.1. The van der Waals surface area contributed by atoms with Crippen LogP contribution in [0, 0.1) is 0 Å². The van der Waals surface area contributed by atoms with E-state index in [1.807, 2.05) is 12.1 Å². The van der Waals surface area contributed by atoms with Crippen LogP contribution >= 0.6 is 15.9 Å². The standard InChI is InChI=1S/C10H7BrN2O3/c11-5-1-6(7-3-13-16-10(7)12)9-8(2-5)14-4-15-9/h1-3H,4,12H2. The minimum absolute atomic E-state index is 0.212. The number of fused-ring (bicyclic) bond motifs is 1. The highest BCUT2D eigenvalue weighted by Crippen LogP contribution is 2.44. The van der Waals surface area contributed by atoms with E-state index in [9.17, 15) is 0 Å². The summed E-state index contributed by atoms with van der Waals surface area (Å²) < 4.78 is 16.4. The van der Waals surface area contributed by atoms with Crippen LogP contribution in [0.4, 0.5) is 5.88 Å². The van der Waals surface area contributed by atoms with Gasteiger partial charge in [-0.2, -0.15) is 0 Å². The number of nitrogen functional groups attached to an aromatic ring is 1. The Morgan fingerprint density at radius 3 is 2.88 bits per heavy atom. The van der Waals surface area contributed by atoms with Crippen LogP contribution < -0.4 is 15.2 Å². The lowest BCUT2D eigenvalue weighted by molar-refractivity contribution is 0.174. The Balaban J connectivity index is 2.25. The SMILES string of the molecule is Nc1oncc1-c1cc(Br)cc2c1OCO2. The first-order valence-corrected chi connectivity index (χ1v) is 5.34. The van der Waals surface area contributed by atoms with Gasteiger partial charge in [-0.1, -0.05) is 21.1 Å². The molecule has 1 aliphatic rings. The molecule has 6 heteroatoms. The van der Waals surface area contributed by atoms with E-state index in [2.05, 4.69) is 21.1 Å². The predicted octanol–water partition coefficient (Wildman–Crippen LogP) is 2.42. The van der Waals surface area contributed by atoms with Gasteiger partial charge in [0, 0.05) is 10.0 Å². The second kappa shape index (κ2) is 3.41. The molecule has 1 aliphatic heterocycles. The van der Waals surface area contributed by atoms with Gasteiger partial charge in [-0.15, -0.1) is 0 Å². The Labute approximate surface area is 99.2 Å². The van der Waals surface area contributed by atoms with Gasteiger partial charge >= 0.3 is 0 Å². The van der Waals surface area contributed by atoms with Gasteiger partial charge in [-0.25, -0.2) is 0 Å². The summed E-state index contributed by atoms with van der Waals surface area (Å²) in [7, 11) is 0. The van der Waals surface area contributed by atoms with Crippen molar-refractivity contribution in [3.63, 3.8) is 0 Å². The lowest BCUT2D eigenvalue weighted by Crippen LogP contribution is -1.93. The van der Waals surface area contributed by atoms with Crippen molar-refractivity contribution in [2.75, 3.05) is 12.5 Å². The third-order valence-corrected chi connectivity index (χ3v) is 2.78. The summed E-state index contributed by atoms with van der Waals surface area (Å²) >= 11 is 3.40. The van der Waals surface area contributed by atoms with Gasteiger partial charge in [0.25, 0.3) is 0 Å². The molecule has 0 radical (unpaired) electrons. The third kappa shape index (κ3) is 1.34. The molecular formula is C10H7BrN2O3. The van der Waals surface area contributed by atoms with Gasteiger partial charge in [0.2, 0.25) is 12.7 Å². The average Bonchev–Trinajstić information content (AvgIpc) is 2.84. The van der Waals surface area contributed by atoms with Crippen molar-refractivity contribution >= 4 is 21.8 Å².